The van der Waals surface area contributed by atoms with E-state index in [-0.39, 0.29) is 0 Å². The number of aromatic amines is 1. The summed E-state index contributed by atoms with van der Waals surface area (Å²) in [5.41, 5.74) is 6.31. The molecule has 1 aromatic rings. The van der Waals surface area contributed by atoms with Crippen LogP contribution in [0.15, 0.2) is 6.20 Å². The highest BCUT2D eigenvalue weighted by molar-refractivity contribution is 4.89. The Balaban J connectivity index is 2.23. The summed E-state index contributed by atoms with van der Waals surface area (Å²) in [4.78, 5) is 0. The standard InChI is InChI=1S/C6H13N5/c1-5(2-7)8-3-6-4-9-11-10-6/h4-5,8H,2-3,7H2,1H3,(H,9,10,11)/t5-/m0/s1. The highest BCUT2D eigenvalue weighted by atomic mass is 15.3. The first-order valence-corrected chi connectivity index (χ1v) is 3.61. The highest BCUT2D eigenvalue weighted by Gasteiger charge is 1.98. The van der Waals surface area contributed by atoms with Crippen LogP contribution < -0.4 is 11.1 Å². The molecular formula is C6H13N5. The first-order valence-electron chi connectivity index (χ1n) is 3.61. The summed E-state index contributed by atoms with van der Waals surface area (Å²) in [5, 5.41) is 13.3. The predicted molar refractivity (Wildman–Crippen MR) is 41.7 cm³/mol. The summed E-state index contributed by atoms with van der Waals surface area (Å²) in [5.74, 6) is 0. The third-order valence-electron chi connectivity index (χ3n) is 1.45. The van der Waals surface area contributed by atoms with Crippen LogP contribution in [0.25, 0.3) is 0 Å². The molecule has 0 saturated carbocycles. The average Bonchev–Trinajstić information content (AvgIpc) is 2.52. The minimum absolute atomic E-state index is 0.326. The Morgan fingerprint density at radius 3 is 3.18 bits per heavy atom. The van der Waals surface area contributed by atoms with Crippen LogP contribution in [0.2, 0.25) is 0 Å². The van der Waals surface area contributed by atoms with Crippen molar-refractivity contribution in [2.24, 2.45) is 5.73 Å². The third-order valence-corrected chi connectivity index (χ3v) is 1.45. The van der Waals surface area contributed by atoms with Crippen LogP contribution in [0.1, 0.15) is 12.6 Å². The van der Waals surface area contributed by atoms with E-state index in [2.05, 4.69) is 20.7 Å². The number of nitrogens with one attached hydrogen (secondary N) is 2. The lowest BCUT2D eigenvalue weighted by molar-refractivity contribution is 0.550. The fourth-order valence-electron chi connectivity index (χ4n) is 0.673. The van der Waals surface area contributed by atoms with Crippen LogP contribution in [0, 0.1) is 0 Å². The number of nitrogens with two attached hydrogens (primary N) is 1. The van der Waals surface area contributed by atoms with Crippen LogP contribution in [0.3, 0.4) is 0 Å². The molecule has 4 N–H and O–H groups in total. The number of hydrogen-bond donors (Lipinski definition) is 3. The molecule has 5 nitrogen and oxygen atoms in total. The maximum absolute atomic E-state index is 5.41. The Morgan fingerprint density at radius 2 is 2.64 bits per heavy atom. The Hall–Kier alpha value is -0.940. The second-order valence-electron chi connectivity index (χ2n) is 2.48. The zero-order valence-corrected chi connectivity index (χ0v) is 6.54. The Bertz CT molecular complexity index is 183. The van der Waals surface area contributed by atoms with Gasteiger partial charge in [-0.3, -0.25) is 0 Å². The molecule has 0 aliphatic carbocycles. The third kappa shape index (κ3) is 2.65. The molecule has 0 aliphatic rings. The van der Waals surface area contributed by atoms with Crippen molar-refractivity contribution in [1.82, 2.24) is 20.7 Å². The fraction of sp³-hybridized carbons (Fsp3) is 0.667. The molecule has 1 rings (SSSR count). The maximum Gasteiger partial charge on any atom is 0.0962 e. The lowest BCUT2D eigenvalue weighted by Gasteiger charge is -2.08. The molecular weight excluding hydrogens is 142 g/mol. The Morgan fingerprint density at radius 1 is 1.82 bits per heavy atom. The minimum atomic E-state index is 0.326. The van der Waals surface area contributed by atoms with E-state index in [9.17, 15) is 0 Å². The Kier molecular flexibility index (Phi) is 3.00. The van der Waals surface area contributed by atoms with Crippen molar-refractivity contribution in [3.63, 3.8) is 0 Å². The molecule has 1 aromatic heterocycles. The van der Waals surface area contributed by atoms with Gasteiger partial charge in [0, 0.05) is 19.1 Å². The van der Waals surface area contributed by atoms with Gasteiger partial charge in [-0.15, -0.1) is 0 Å². The van der Waals surface area contributed by atoms with Crippen molar-refractivity contribution in [3.05, 3.63) is 11.9 Å². The summed E-state index contributed by atoms with van der Waals surface area (Å²) in [7, 11) is 0. The van der Waals surface area contributed by atoms with Gasteiger partial charge in [0.25, 0.3) is 0 Å². The molecule has 5 heteroatoms. The van der Waals surface area contributed by atoms with Crippen LogP contribution >= 0.6 is 0 Å². The van der Waals surface area contributed by atoms with Crippen molar-refractivity contribution in [2.45, 2.75) is 19.5 Å². The van der Waals surface area contributed by atoms with Crippen LogP contribution in [-0.2, 0) is 6.54 Å². The van der Waals surface area contributed by atoms with Gasteiger partial charge in [-0.25, -0.2) is 0 Å². The van der Waals surface area contributed by atoms with Gasteiger partial charge in [0.15, 0.2) is 0 Å². The van der Waals surface area contributed by atoms with Gasteiger partial charge < -0.3 is 11.1 Å². The second kappa shape index (κ2) is 4.05. The molecule has 0 spiro atoms. The fourth-order valence-corrected chi connectivity index (χ4v) is 0.673. The molecule has 0 aromatic carbocycles. The summed E-state index contributed by atoms with van der Waals surface area (Å²) in [6.07, 6.45) is 1.69. The smallest absolute Gasteiger partial charge is 0.0962 e. The molecule has 0 fully saturated rings. The van der Waals surface area contributed by atoms with E-state index in [0.29, 0.717) is 12.6 Å². The molecule has 1 heterocycles. The SMILES string of the molecule is C[C@@H](CN)NCc1cn[nH]n1. The minimum Gasteiger partial charge on any atom is -0.329 e. The van der Waals surface area contributed by atoms with Crippen LogP contribution in [0.5, 0.6) is 0 Å². The van der Waals surface area contributed by atoms with E-state index in [0.717, 1.165) is 12.2 Å². The summed E-state index contributed by atoms with van der Waals surface area (Å²) < 4.78 is 0. The van der Waals surface area contributed by atoms with Crippen molar-refractivity contribution < 1.29 is 0 Å². The van der Waals surface area contributed by atoms with E-state index in [1.54, 1.807) is 6.20 Å². The van der Waals surface area contributed by atoms with Gasteiger partial charge >= 0.3 is 0 Å². The van der Waals surface area contributed by atoms with Crippen molar-refractivity contribution in [1.29, 1.82) is 0 Å². The topological polar surface area (TPSA) is 79.6 Å². The van der Waals surface area contributed by atoms with Crippen molar-refractivity contribution in [3.8, 4) is 0 Å². The molecule has 1 atom stereocenters. The van der Waals surface area contributed by atoms with Gasteiger partial charge in [-0.1, -0.05) is 0 Å². The van der Waals surface area contributed by atoms with Crippen LogP contribution in [0.4, 0.5) is 0 Å². The molecule has 0 aliphatic heterocycles. The van der Waals surface area contributed by atoms with E-state index in [1.165, 1.54) is 0 Å². The number of nitrogens with zero attached hydrogens (tertiary/aromatic N) is 2. The molecule has 0 bridgehead atoms. The lowest BCUT2D eigenvalue weighted by Crippen LogP contribution is -2.32. The second-order valence-corrected chi connectivity index (χ2v) is 2.48. The molecule has 0 amide bonds. The van der Waals surface area contributed by atoms with Gasteiger partial charge in [-0.05, 0) is 6.92 Å². The average molecular weight is 155 g/mol. The van der Waals surface area contributed by atoms with E-state index in [4.69, 9.17) is 5.73 Å². The molecule has 11 heavy (non-hydrogen) atoms. The number of rotatable bonds is 4. The first kappa shape index (κ1) is 8.16. The van der Waals surface area contributed by atoms with Crippen molar-refractivity contribution in [2.75, 3.05) is 6.54 Å². The highest BCUT2D eigenvalue weighted by Crippen LogP contribution is 1.87. The van der Waals surface area contributed by atoms with Crippen LogP contribution in [-0.4, -0.2) is 28.0 Å². The van der Waals surface area contributed by atoms with Gasteiger partial charge in [0.1, 0.15) is 0 Å². The summed E-state index contributed by atoms with van der Waals surface area (Å²) in [6.45, 7) is 3.38. The normalized spacial score (nSPS) is 13.3. The summed E-state index contributed by atoms with van der Waals surface area (Å²) >= 11 is 0. The van der Waals surface area contributed by atoms with Gasteiger partial charge in [-0.2, -0.15) is 15.4 Å². The monoisotopic (exact) mass is 155 g/mol. The summed E-state index contributed by atoms with van der Waals surface area (Å²) in [6, 6.07) is 0.326. The maximum atomic E-state index is 5.41. The quantitative estimate of drug-likeness (QED) is 0.534. The van der Waals surface area contributed by atoms with E-state index in [1.807, 2.05) is 6.92 Å². The zero-order chi connectivity index (χ0) is 8.10. The van der Waals surface area contributed by atoms with E-state index < -0.39 is 0 Å². The molecule has 0 saturated heterocycles. The molecule has 62 valence electrons. The molecule has 0 unspecified atom stereocenters. The van der Waals surface area contributed by atoms with Gasteiger partial charge in [0.05, 0.1) is 11.9 Å². The number of aromatic nitrogens is 3. The largest absolute Gasteiger partial charge is 0.329 e. The molecule has 0 radical (unpaired) electrons. The lowest BCUT2D eigenvalue weighted by atomic mass is 10.3. The number of H-pyrrole nitrogens is 1. The first-order chi connectivity index (χ1) is 5.33. The van der Waals surface area contributed by atoms with Gasteiger partial charge in [0.2, 0.25) is 0 Å². The van der Waals surface area contributed by atoms with Crippen molar-refractivity contribution >= 4 is 0 Å². The number of hydrogen-bond acceptors (Lipinski definition) is 4. The zero-order valence-electron chi connectivity index (χ0n) is 6.54. The predicted octanol–water partition coefficient (Wildman–Crippen LogP) is -0.758. The van der Waals surface area contributed by atoms with E-state index >= 15 is 0 Å². The Labute approximate surface area is 65.4 Å².